The fourth-order valence-electron chi connectivity index (χ4n) is 2.31. The highest BCUT2D eigenvalue weighted by molar-refractivity contribution is 5.98. The lowest BCUT2D eigenvalue weighted by molar-refractivity contribution is -0.385. The van der Waals surface area contributed by atoms with E-state index in [2.05, 4.69) is 0 Å². The number of para-hydroxylation sites is 1. The van der Waals surface area contributed by atoms with Gasteiger partial charge in [-0.1, -0.05) is 12.1 Å². The van der Waals surface area contributed by atoms with Crippen LogP contribution in [0.4, 0.5) is 5.69 Å². The van der Waals surface area contributed by atoms with E-state index in [4.69, 9.17) is 0 Å². The second kappa shape index (κ2) is 5.36. The summed E-state index contributed by atoms with van der Waals surface area (Å²) in [4.78, 5) is 24.5. The van der Waals surface area contributed by atoms with E-state index < -0.39 is 4.92 Å². The van der Waals surface area contributed by atoms with Crippen LogP contribution < -0.4 is 0 Å². The molecule has 1 aliphatic heterocycles. The number of nitrogens with zero attached hydrogens (tertiary/aromatic N) is 2. The lowest BCUT2D eigenvalue weighted by atomic mass is 10.0. The molecule has 0 aromatic heterocycles. The molecule has 1 heterocycles. The summed E-state index contributed by atoms with van der Waals surface area (Å²) in [6, 6.07) is 4.75. The van der Waals surface area contributed by atoms with Gasteiger partial charge < -0.3 is 10.0 Å². The number of carbonyl (C=O) groups excluding carboxylic acids is 1. The van der Waals surface area contributed by atoms with Crippen LogP contribution in [-0.4, -0.2) is 40.0 Å². The average molecular weight is 264 g/mol. The van der Waals surface area contributed by atoms with Crippen LogP contribution in [0.15, 0.2) is 18.2 Å². The molecule has 102 valence electrons. The predicted octanol–water partition coefficient (Wildman–Crippen LogP) is 1.50. The van der Waals surface area contributed by atoms with Crippen LogP contribution in [0.3, 0.4) is 0 Å². The summed E-state index contributed by atoms with van der Waals surface area (Å²) in [6.07, 6.45) is 0.660. The second-order valence-corrected chi connectivity index (χ2v) is 4.75. The Labute approximate surface area is 110 Å². The molecular formula is C13H16N2O4. The summed E-state index contributed by atoms with van der Waals surface area (Å²) in [5.74, 6) is -0.331. The van der Waals surface area contributed by atoms with Crippen molar-refractivity contribution in [2.24, 2.45) is 0 Å². The summed E-state index contributed by atoms with van der Waals surface area (Å²) < 4.78 is 0. The van der Waals surface area contributed by atoms with Gasteiger partial charge in [-0.3, -0.25) is 14.9 Å². The Hall–Kier alpha value is -1.95. The SMILES string of the molecule is Cc1cccc(C(=O)N2CCC(O)CC2)c1[N+](=O)[O-]. The van der Waals surface area contributed by atoms with Crippen molar-refractivity contribution in [2.75, 3.05) is 13.1 Å². The van der Waals surface area contributed by atoms with Gasteiger partial charge in [-0.15, -0.1) is 0 Å². The first-order valence-electron chi connectivity index (χ1n) is 6.22. The molecule has 6 nitrogen and oxygen atoms in total. The first kappa shape index (κ1) is 13.5. The van der Waals surface area contributed by atoms with Gasteiger partial charge in [0.25, 0.3) is 11.6 Å². The molecule has 0 bridgehead atoms. The molecule has 0 saturated carbocycles. The minimum absolute atomic E-state index is 0.126. The number of benzene rings is 1. The van der Waals surface area contributed by atoms with E-state index in [-0.39, 0.29) is 23.3 Å². The molecule has 1 aliphatic rings. The van der Waals surface area contributed by atoms with Crippen molar-refractivity contribution in [1.82, 2.24) is 4.90 Å². The van der Waals surface area contributed by atoms with Crippen molar-refractivity contribution in [3.8, 4) is 0 Å². The van der Waals surface area contributed by atoms with E-state index in [0.29, 0.717) is 31.5 Å². The Bertz CT molecular complexity index is 507. The molecule has 2 rings (SSSR count). The number of aliphatic hydroxyl groups is 1. The monoisotopic (exact) mass is 264 g/mol. The largest absolute Gasteiger partial charge is 0.393 e. The minimum Gasteiger partial charge on any atom is -0.393 e. The van der Waals surface area contributed by atoms with Crippen molar-refractivity contribution < 1.29 is 14.8 Å². The van der Waals surface area contributed by atoms with Gasteiger partial charge in [-0.2, -0.15) is 0 Å². The lowest BCUT2D eigenvalue weighted by Crippen LogP contribution is -2.40. The third-order valence-electron chi connectivity index (χ3n) is 3.40. The van der Waals surface area contributed by atoms with Crippen LogP contribution in [-0.2, 0) is 0 Å². The number of nitro benzene ring substituents is 1. The molecule has 0 atom stereocenters. The van der Waals surface area contributed by atoms with Gasteiger partial charge in [-0.25, -0.2) is 0 Å². The third-order valence-corrected chi connectivity index (χ3v) is 3.40. The van der Waals surface area contributed by atoms with Gasteiger partial charge in [0.15, 0.2) is 0 Å². The molecule has 6 heteroatoms. The van der Waals surface area contributed by atoms with Crippen molar-refractivity contribution in [2.45, 2.75) is 25.9 Å². The van der Waals surface area contributed by atoms with Crippen molar-refractivity contribution in [3.05, 3.63) is 39.4 Å². The molecule has 0 aliphatic carbocycles. The Morgan fingerprint density at radius 3 is 2.63 bits per heavy atom. The van der Waals surface area contributed by atoms with Gasteiger partial charge in [0, 0.05) is 18.7 Å². The number of hydrogen-bond donors (Lipinski definition) is 1. The Balaban J connectivity index is 2.29. The van der Waals surface area contributed by atoms with E-state index >= 15 is 0 Å². The van der Waals surface area contributed by atoms with Crippen molar-refractivity contribution >= 4 is 11.6 Å². The van der Waals surface area contributed by atoms with E-state index in [1.165, 1.54) is 6.07 Å². The normalized spacial score (nSPS) is 16.4. The molecule has 1 saturated heterocycles. The number of nitro groups is 1. The maximum absolute atomic E-state index is 12.3. The maximum atomic E-state index is 12.3. The highest BCUT2D eigenvalue weighted by Gasteiger charge is 2.28. The molecule has 1 fully saturated rings. The molecule has 0 radical (unpaired) electrons. The predicted molar refractivity (Wildman–Crippen MR) is 69.0 cm³/mol. The minimum atomic E-state index is -0.513. The van der Waals surface area contributed by atoms with Crippen molar-refractivity contribution in [1.29, 1.82) is 0 Å². The number of hydrogen-bond acceptors (Lipinski definition) is 4. The maximum Gasteiger partial charge on any atom is 0.285 e. The summed E-state index contributed by atoms with van der Waals surface area (Å²) in [6.45, 7) is 2.49. The van der Waals surface area contributed by atoms with Crippen LogP contribution in [0.5, 0.6) is 0 Å². The third kappa shape index (κ3) is 2.73. The lowest BCUT2D eigenvalue weighted by Gasteiger charge is -2.29. The summed E-state index contributed by atoms with van der Waals surface area (Å²) >= 11 is 0. The van der Waals surface area contributed by atoms with Crippen LogP contribution >= 0.6 is 0 Å². The Kier molecular flexibility index (Phi) is 3.80. The zero-order chi connectivity index (χ0) is 14.0. The number of likely N-dealkylation sites (tertiary alicyclic amines) is 1. The van der Waals surface area contributed by atoms with Gasteiger partial charge >= 0.3 is 0 Å². The number of piperidine rings is 1. The average Bonchev–Trinajstić information content (AvgIpc) is 2.38. The summed E-state index contributed by atoms with van der Waals surface area (Å²) in [7, 11) is 0. The number of amides is 1. The Morgan fingerprint density at radius 2 is 2.05 bits per heavy atom. The number of carbonyl (C=O) groups is 1. The van der Waals surface area contributed by atoms with Gasteiger partial charge in [0.1, 0.15) is 5.56 Å². The van der Waals surface area contributed by atoms with Crippen LogP contribution in [0, 0.1) is 17.0 Å². The van der Waals surface area contributed by atoms with Crippen LogP contribution in [0.1, 0.15) is 28.8 Å². The highest BCUT2D eigenvalue weighted by Crippen LogP contribution is 2.25. The summed E-state index contributed by atoms with van der Waals surface area (Å²) in [5.41, 5.74) is 0.480. The first-order chi connectivity index (χ1) is 9.00. The van der Waals surface area contributed by atoms with E-state index in [1.807, 2.05) is 0 Å². The first-order valence-corrected chi connectivity index (χ1v) is 6.22. The van der Waals surface area contributed by atoms with Gasteiger partial charge in [-0.05, 0) is 25.8 Å². The molecule has 1 aromatic carbocycles. The zero-order valence-corrected chi connectivity index (χ0v) is 10.7. The smallest absolute Gasteiger partial charge is 0.285 e. The summed E-state index contributed by atoms with van der Waals surface area (Å²) in [5, 5.41) is 20.5. The van der Waals surface area contributed by atoms with Gasteiger partial charge in [0.2, 0.25) is 0 Å². The van der Waals surface area contributed by atoms with Crippen molar-refractivity contribution in [3.63, 3.8) is 0 Å². The molecule has 1 amide bonds. The molecule has 19 heavy (non-hydrogen) atoms. The second-order valence-electron chi connectivity index (χ2n) is 4.75. The van der Waals surface area contributed by atoms with E-state index in [0.717, 1.165) is 0 Å². The van der Waals surface area contributed by atoms with E-state index in [9.17, 15) is 20.0 Å². The standard InChI is InChI=1S/C13H16N2O4/c1-9-3-2-4-11(12(9)15(18)19)13(17)14-7-5-10(16)6-8-14/h2-4,10,16H,5-8H2,1H3. The van der Waals surface area contributed by atoms with Crippen LogP contribution in [0.2, 0.25) is 0 Å². The number of rotatable bonds is 2. The molecule has 0 unspecified atom stereocenters. The molecule has 0 spiro atoms. The molecule has 1 aromatic rings. The number of aliphatic hydroxyl groups excluding tert-OH is 1. The highest BCUT2D eigenvalue weighted by atomic mass is 16.6. The van der Waals surface area contributed by atoms with E-state index in [1.54, 1.807) is 24.0 Å². The number of aryl methyl sites for hydroxylation is 1. The quantitative estimate of drug-likeness (QED) is 0.648. The zero-order valence-electron chi connectivity index (χ0n) is 10.7. The molecule has 1 N–H and O–H groups in total. The van der Waals surface area contributed by atoms with Crippen LogP contribution in [0.25, 0.3) is 0 Å². The van der Waals surface area contributed by atoms with Gasteiger partial charge in [0.05, 0.1) is 11.0 Å². The fourth-order valence-corrected chi connectivity index (χ4v) is 2.31. The fraction of sp³-hybridized carbons (Fsp3) is 0.462. The molecular weight excluding hydrogens is 248 g/mol. The topological polar surface area (TPSA) is 83.7 Å². The Morgan fingerprint density at radius 1 is 1.42 bits per heavy atom.